The van der Waals surface area contributed by atoms with Gasteiger partial charge in [0.25, 0.3) is 5.56 Å². The van der Waals surface area contributed by atoms with Gasteiger partial charge < -0.3 is 14.6 Å². The Bertz CT molecular complexity index is 937. The molecular formula is C20H22N2O5. The number of methoxy groups -OCH3 is 1. The molecule has 2 aromatic rings. The van der Waals surface area contributed by atoms with Crippen LogP contribution in [-0.2, 0) is 11.3 Å². The number of nitrogens with zero attached hydrogens (tertiary/aromatic N) is 2. The van der Waals surface area contributed by atoms with E-state index in [1.807, 2.05) is 19.9 Å². The second-order valence-electron chi connectivity index (χ2n) is 6.28. The van der Waals surface area contributed by atoms with Crippen molar-refractivity contribution in [1.82, 2.24) is 4.57 Å². The third kappa shape index (κ3) is 4.18. The first-order valence-electron chi connectivity index (χ1n) is 8.48. The Balaban J connectivity index is 2.55. The highest BCUT2D eigenvalue weighted by Crippen LogP contribution is 2.26. The zero-order valence-corrected chi connectivity index (χ0v) is 15.8. The molecule has 7 heteroatoms. The van der Waals surface area contributed by atoms with Gasteiger partial charge in [-0.1, -0.05) is 0 Å². The van der Waals surface area contributed by atoms with Crippen molar-refractivity contribution in [3.8, 4) is 17.7 Å². The minimum absolute atomic E-state index is 0.000341. The lowest BCUT2D eigenvalue weighted by molar-refractivity contribution is 0.103. The number of ether oxygens (including phenoxy) is 2. The maximum absolute atomic E-state index is 13.0. The van der Waals surface area contributed by atoms with Gasteiger partial charge >= 0.3 is 0 Å². The zero-order chi connectivity index (χ0) is 20.1. The molecule has 1 N–H and O–H groups in total. The standard InChI is InChI=1S/C20H22N2O5/c1-12(2)27-15-7-5-14(6-8-15)18(23)17-13(3)16(11-21)19(24)22(20(17)25)9-10-26-4/h5-8,12,25H,9-10H2,1-4H3. The zero-order valence-electron chi connectivity index (χ0n) is 15.8. The third-order valence-electron chi connectivity index (χ3n) is 4.03. The quantitative estimate of drug-likeness (QED) is 0.751. The van der Waals surface area contributed by atoms with E-state index in [9.17, 15) is 20.0 Å². The summed E-state index contributed by atoms with van der Waals surface area (Å²) in [5, 5.41) is 19.9. The van der Waals surface area contributed by atoms with E-state index >= 15 is 0 Å². The molecule has 0 aliphatic heterocycles. The van der Waals surface area contributed by atoms with Crippen LogP contribution in [0, 0.1) is 18.3 Å². The van der Waals surface area contributed by atoms with Crippen molar-refractivity contribution in [3.63, 3.8) is 0 Å². The summed E-state index contributed by atoms with van der Waals surface area (Å²) in [4.78, 5) is 25.4. The molecule has 0 fully saturated rings. The van der Waals surface area contributed by atoms with E-state index < -0.39 is 17.2 Å². The minimum Gasteiger partial charge on any atom is -0.494 e. The van der Waals surface area contributed by atoms with E-state index in [1.165, 1.54) is 14.0 Å². The van der Waals surface area contributed by atoms with Crippen molar-refractivity contribution < 1.29 is 19.4 Å². The molecule has 0 saturated carbocycles. The number of pyridine rings is 1. The normalized spacial score (nSPS) is 10.7. The van der Waals surface area contributed by atoms with E-state index in [1.54, 1.807) is 24.3 Å². The lowest BCUT2D eigenvalue weighted by Crippen LogP contribution is -2.28. The monoisotopic (exact) mass is 370 g/mol. The number of rotatable bonds is 7. The number of carbonyl (C=O) groups excluding carboxylic acids is 1. The Kier molecular flexibility index (Phi) is 6.37. The second-order valence-corrected chi connectivity index (χ2v) is 6.28. The minimum atomic E-state index is -0.651. The molecule has 0 radical (unpaired) electrons. The van der Waals surface area contributed by atoms with Gasteiger partial charge in [-0.2, -0.15) is 5.26 Å². The van der Waals surface area contributed by atoms with Crippen LogP contribution in [0.3, 0.4) is 0 Å². The molecule has 0 spiro atoms. The number of hydrogen-bond acceptors (Lipinski definition) is 6. The number of ketones is 1. The second kappa shape index (κ2) is 8.52. The molecule has 1 aromatic heterocycles. The van der Waals surface area contributed by atoms with Gasteiger partial charge in [0.2, 0.25) is 5.88 Å². The fraction of sp³-hybridized carbons (Fsp3) is 0.350. The first kappa shape index (κ1) is 20.2. The number of aromatic hydroxyl groups is 1. The fourth-order valence-corrected chi connectivity index (χ4v) is 2.71. The lowest BCUT2D eigenvalue weighted by Gasteiger charge is -2.15. The number of carbonyl (C=O) groups is 1. The summed E-state index contributed by atoms with van der Waals surface area (Å²) in [7, 11) is 1.45. The van der Waals surface area contributed by atoms with Crippen LogP contribution in [0.4, 0.5) is 0 Å². The predicted molar refractivity (Wildman–Crippen MR) is 99.3 cm³/mol. The summed E-state index contributed by atoms with van der Waals surface area (Å²) in [6.07, 6.45) is 0.000341. The van der Waals surface area contributed by atoms with Crippen LogP contribution in [-0.4, -0.2) is 35.3 Å². The van der Waals surface area contributed by atoms with Crippen LogP contribution in [0.15, 0.2) is 29.1 Å². The summed E-state index contributed by atoms with van der Waals surface area (Å²) in [5.74, 6) is -0.338. The molecule has 0 atom stereocenters. The van der Waals surface area contributed by atoms with Gasteiger partial charge in [0.15, 0.2) is 5.78 Å². The summed E-state index contributed by atoms with van der Waals surface area (Å²) in [5.41, 5.74) is -0.430. The summed E-state index contributed by atoms with van der Waals surface area (Å²) < 4.78 is 11.5. The Labute approximate surface area is 157 Å². The maximum Gasteiger partial charge on any atom is 0.271 e. The molecule has 0 aliphatic rings. The number of benzene rings is 1. The molecule has 0 unspecified atom stereocenters. The van der Waals surface area contributed by atoms with Gasteiger partial charge in [-0.25, -0.2) is 0 Å². The third-order valence-corrected chi connectivity index (χ3v) is 4.03. The summed E-state index contributed by atoms with van der Waals surface area (Å²) in [6, 6.07) is 8.30. The highest BCUT2D eigenvalue weighted by Gasteiger charge is 2.24. The Morgan fingerprint density at radius 3 is 2.44 bits per heavy atom. The molecule has 0 aliphatic carbocycles. The van der Waals surface area contributed by atoms with Gasteiger partial charge in [0.05, 0.1) is 24.8 Å². The number of aromatic nitrogens is 1. The maximum atomic E-state index is 13.0. The van der Waals surface area contributed by atoms with Crippen molar-refractivity contribution in [2.24, 2.45) is 0 Å². The van der Waals surface area contributed by atoms with Crippen molar-refractivity contribution in [2.45, 2.75) is 33.4 Å². The molecular weight excluding hydrogens is 348 g/mol. The van der Waals surface area contributed by atoms with E-state index in [0.29, 0.717) is 11.3 Å². The van der Waals surface area contributed by atoms with Crippen molar-refractivity contribution in [2.75, 3.05) is 13.7 Å². The molecule has 0 saturated heterocycles. The van der Waals surface area contributed by atoms with Gasteiger partial charge in [0, 0.05) is 12.7 Å². The molecule has 27 heavy (non-hydrogen) atoms. The van der Waals surface area contributed by atoms with Crippen molar-refractivity contribution >= 4 is 5.78 Å². The first-order valence-corrected chi connectivity index (χ1v) is 8.48. The van der Waals surface area contributed by atoms with E-state index in [-0.39, 0.29) is 35.9 Å². The van der Waals surface area contributed by atoms with Crippen molar-refractivity contribution in [3.05, 3.63) is 56.9 Å². The van der Waals surface area contributed by atoms with E-state index in [2.05, 4.69) is 0 Å². The number of hydrogen-bond donors (Lipinski definition) is 1. The fourth-order valence-electron chi connectivity index (χ4n) is 2.71. The molecule has 0 amide bonds. The first-order chi connectivity index (χ1) is 12.8. The summed E-state index contributed by atoms with van der Waals surface area (Å²) in [6.45, 7) is 5.44. The Morgan fingerprint density at radius 2 is 1.93 bits per heavy atom. The van der Waals surface area contributed by atoms with Crippen molar-refractivity contribution in [1.29, 1.82) is 5.26 Å². The highest BCUT2D eigenvalue weighted by atomic mass is 16.5. The Hall–Kier alpha value is -3.11. The van der Waals surface area contributed by atoms with Gasteiger partial charge in [0.1, 0.15) is 17.4 Å². The van der Waals surface area contributed by atoms with Crippen LogP contribution in [0.5, 0.6) is 11.6 Å². The lowest BCUT2D eigenvalue weighted by atomic mass is 9.97. The largest absolute Gasteiger partial charge is 0.494 e. The topological polar surface area (TPSA) is 102 Å². The van der Waals surface area contributed by atoms with Crippen LogP contribution < -0.4 is 10.3 Å². The van der Waals surface area contributed by atoms with E-state index in [4.69, 9.17) is 9.47 Å². The van der Waals surface area contributed by atoms with E-state index in [0.717, 1.165) is 4.57 Å². The molecule has 142 valence electrons. The van der Waals surface area contributed by atoms with Crippen LogP contribution >= 0.6 is 0 Å². The van der Waals surface area contributed by atoms with Crippen LogP contribution in [0.2, 0.25) is 0 Å². The highest BCUT2D eigenvalue weighted by molar-refractivity contribution is 6.11. The van der Waals surface area contributed by atoms with Crippen LogP contribution in [0.25, 0.3) is 0 Å². The summed E-state index contributed by atoms with van der Waals surface area (Å²) >= 11 is 0. The predicted octanol–water partition coefficient (Wildman–Crippen LogP) is 2.40. The number of nitriles is 1. The molecule has 1 heterocycles. The molecule has 1 aromatic carbocycles. The Morgan fingerprint density at radius 1 is 1.30 bits per heavy atom. The van der Waals surface area contributed by atoms with Gasteiger partial charge in [-0.05, 0) is 50.6 Å². The smallest absolute Gasteiger partial charge is 0.271 e. The van der Waals surface area contributed by atoms with Gasteiger partial charge in [-0.3, -0.25) is 14.2 Å². The SMILES string of the molecule is COCCn1c(O)c(C(=O)c2ccc(OC(C)C)cc2)c(C)c(C#N)c1=O. The molecule has 2 rings (SSSR count). The molecule has 7 nitrogen and oxygen atoms in total. The average molecular weight is 370 g/mol. The van der Waals surface area contributed by atoms with Gasteiger partial charge in [-0.15, -0.1) is 0 Å². The molecule has 0 bridgehead atoms. The average Bonchev–Trinajstić information content (AvgIpc) is 2.62. The van der Waals surface area contributed by atoms with Crippen LogP contribution in [0.1, 0.15) is 40.9 Å².